The van der Waals surface area contributed by atoms with Crippen LogP contribution in [0.5, 0.6) is 0 Å². The average Bonchev–Trinajstić information content (AvgIpc) is 2.55. The Morgan fingerprint density at radius 1 is 1.38 bits per heavy atom. The van der Waals surface area contributed by atoms with E-state index >= 15 is 0 Å². The van der Waals surface area contributed by atoms with Crippen LogP contribution in [0.3, 0.4) is 0 Å². The van der Waals surface area contributed by atoms with Crippen LogP contribution in [0.2, 0.25) is 0 Å². The Morgan fingerprint density at radius 2 is 2.00 bits per heavy atom. The predicted octanol–water partition coefficient (Wildman–Crippen LogP) is 1.49. The molecule has 0 aromatic carbocycles. The summed E-state index contributed by atoms with van der Waals surface area (Å²) in [5.41, 5.74) is 1.58. The molecule has 1 N–H and O–H groups in total. The van der Waals surface area contributed by atoms with Crippen molar-refractivity contribution in [3.8, 4) is 11.4 Å². The summed E-state index contributed by atoms with van der Waals surface area (Å²) in [7, 11) is 1.69. The van der Waals surface area contributed by atoms with Gasteiger partial charge in [0, 0.05) is 25.0 Å². The van der Waals surface area contributed by atoms with E-state index in [-0.39, 0.29) is 5.69 Å². The van der Waals surface area contributed by atoms with Gasteiger partial charge < -0.3 is 9.67 Å². The highest BCUT2D eigenvalue weighted by Crippen LogP contribution is 2.20. The molecule has 0 aliphatic heterocycles. The number of carbonyl (C=O) groups is 1. The van der Waals surface area contributed by atoms with Gasteiger partial charge in [0.15, 0.2) is 0 Å². The van der Waals surface area contributed by atoms with Gasteiger partial charge in [-0.2, -0.15) is 0 Å². The summed E-state index contributed by atoms with van der Waals surface area (Å²) < 4.78 is 1.58. The molecular formula is C11H11N3O2. The van der Waals surface area contributed by atoms with E-state index in [2.05, 4.69) is 9.97 Å². The topological polar surface area (TPSA) is 68.0 Å². The van der Waals surface area contributed by atoms with Crippen LogP contribution in [-0.4, -0.2) is 25.6 Å². The quantitative estimate of drug-likeness (QED) is 0.827. The number of imidazole rings is 1. The summed E-state index contributed by atoms with van der Waals surface area (Å²) in [4.78, 5) is 19.2. The molecule has 0 spiro atoms. The molecule has 5 nitrogen and oxygen atoms in total. The largest absolute Gasteiger partial charge is 0.477 e. The van der Waals surface area contributed by atoms with E-state index in [1.165, 1.54) is 0 Å². The Bertz CT molecular complexity index is 532. The van der Waals surface area contributed by atoms with Gasteiger partial charge in [0.2, 0.25) is 0 Å². The second kappa shape index (κ2) is 3.77. The lowest BCUT2D eigenvalue weighted by Crippen LogP contribution is -2.06. The molecule has 16 heavy (non-hydrogen) atoms. The molecule has 0 bridgehead atoms. The number of aromatic nitrogens is 3. The summed E-state index contributed by atoms with van der Waals surface area (Å²) in [5.74, 6) is -0.329. The van der Waals surface area contributed by atoms with Crippen molar-refractivity contribution in [1.82, 2.24) is 14.5 Å². The van der Waals surface area contributed by atoms with Crippen LogP contribution in [0.15, 0.2) is 24.5 Å². The summed E-state index contributed by atoms with van der Waals surface area (Å²) in [6.45, 7) is 1.69. The lowest BCUT2D eigenvalue weighted by atomic mass is 10.2. The van der Waals surface area contributed by atoms with Crippen LogP contribution in [0, 0.1) is 6.92 Å². The van der Waals surface area contributed by atoms with Gasteiger partial charge in [-0.15, -0.1) is 0 Å². The van der Waals surface area contributed by atoms with E-state index < -0.39 is 5.97 Å². The molecule has 0 aliphatic rings. The number of aromatic carboxylic acids is 1. The average molecular weight is 217 g/mol. The molecule has 0 radical (unpaired) electrons. The first-order valence-corrected chi connectivity index (χ1v) is 4.78. The number of hydrogen-bond acceptors (Lipinski definition) is 3. The fourth-order valence-electron chi connectivity index (χ4n) is 1.69. The molecule has 0 atom stereocenters. The normalized spacial score (nSPS) is 10.4. The van der Waals surface area contributed by atoms with Crippen LogP contribution in [0.4, 0.5) is 0 Å². The van der Waals surface area contributed by atoms with E-state index in [0.717, 1.165) is 5.56 Å². The van der Waals surface area contributed by atoms with Gasteiger partial charge in [0.25, 0.3) is 0 Å². The maximum absolute atomic E-state index is 11.0. The third-order valence-electron chi connectivity index (χ3n) is 2.41. The van der Waals surface area contributed by atoms with Crippen LogP contribution in [0.1, 0.15) is 16.2 Å². The zero-order valence-corrected chi connectivity index (χ0v) is 9.01. The first-order chi connectivity index (χ1) is 7.61. The van der Waals surface area contributed by atoms with Gasteiger partial charge in [0.1, 0.15) is 11.5 Å². The van der Waals surface area contributed by atoms with Crippen molar-refractivity contribution in [1.29, 1.82) is 0 Å². The number of hydrogen-bond donors (Lipinski definition) is 1. The van der Waals surface area contributed by atoms with E-state index in [0.29, 0.717) is 11.5 Å². The molecule has 0 amide bonds. The van der Waals surface area contributed by atoms with Gasteiger partial charge in [0.05, 0.1) is 5.69 Å². The minimum atomic E-state index is -0.965. The van der Waals surface area contributed by atoms with Crippen molar-refractivity contribution in [2.24, 2.45) is 7.05 Å². The number of aryl methyl sites for hydroxylation is 1. The maximum atomic E-state index is 11.0. The Kier molecular flexibility index (Phi) is 2.44. The third kappa shape index (κ3) is 1.56. The summed E-state index contributed by atoms with van der Waals surface area (Å²) in [6, 6.07) is 3.60. The zero-order chi connectivity index (χ0) is 11.7. The second-order valence-corrected chi connectivity index (χ2v) is 3.47. The van der Waals surface area contributed by atoms with Crippen molar-refractivity contribution in [3.05, 3.63) is 35.9 Å². The fraction of sp³-hybridized carbons (Fsp3) is 0.182. The highest BCUT2D eigenvalue weighted by Gasteiger charge is 2.17. The van der Waals surface area contributed by atoms with Crippen LogP contribution in [0.25, 0.3) is 11.4 Å². The highest BCUT2D eigenvalue weighted by atomic mass is 16.4. The predicted molar refractivity (Wildman–Crippen MR) is 58.1 cm³/mol. The monoisotopic (exact) mass is 217 g/mol. The molecule has 2 rings (SSSR count). The van der Waals surface area contributed by atoms with E-state index in [1.54, 1.807) is 43.1 Å². The number of carboxylic acids is 1. The number of carboxylic acid groups (broad SMARTS) is 1. The number of pyridine rings is 1. The van der Waals surface area contributed by atoms with Gasteiger partial charge >= 0.3 is 5.97 Å². The Hall–Kier alpha value is -2.17. The number of rotatable bonds is 2. The van der Waals surface area contributed by atoms with Crippen molar-refractivity contribution >= 4 is 5.97 Å². The van der Waals surface area contributed by atoms with Crippen molar-refractivity contribution in [2.75, 3.05) is 0 Å². The molecule has 0 aliphatic carbocycles. The fourth-order valence-corrected chi connectivity index (χ4v) is 1.69. The molecule has 5 heteroatoms. The molecule has 2 aromatic rings. The minimum absolute atomic E-state index is 0.215. The van der Waals surface area contributed by atoms with Crippen LogP contribution in [-0.2, 0) is 7.05 Å². The third-order valence-corrected chi connectivity index (χ3v) is 2.41. The zero-order valence-electron chi connectivity index (χ0n) is 9.01. The van der Waals surface area contributed by atoms with Gasteiger partial charge in [-0.3, -0.25) is 4.98 Å². The highest BCUT2D eigenvalue weighted by molar-refractivity contribution is 5.88. The lowest BCUT2D eigenvalue weighted by molar-refractivity contribution is 0.0686. The maximum Gasteiger partial charge on any atom is 0.354 e. The molecule has 2 aromatic heterocycles. The first-order valence-electron chi connectivity index (χ1n) is 4.78. The molecule has 0 saturated heterocycles. The van der Waals surface area contributed by atoms with Gasteiger partial charge in [-0.1, -0.05) is 0 Å². The van der Waals surface area contributed by atoms with Gasteiger partial charge in [-0.25, -0.2) is 9.78 Å². The molecule has 82 valence electrons. The van der Waals surface area contributed by atoms with Crippen LogP contribution >= 0.6 is 0 Å². The minimum Gasteiger partial charge on any atom is -0.477 e. The summed E-state index contributed by atoms with van der Waals surface area (Å²) in [6.07, 6.45) is 3.31. The van der Waals surface area contributed by atoms with E-state index in [9.17, 15) is 4.79 Å². The Labute approximate surface area is 92.4 Å². The SMILES string of the molecule is Cc1nc(-c2ccncc2)n(C)c1C(=O)O. The molecular weight excluding hydrogens is 206 g/mol. The molecule has 0 fully saturated rings. The van der Waals surface area contributed by atoms with Gasteiger partial charge in [-0.05, 0) is 19.1 Å². The Balaban J connectivity index is 2.61. The summed E-state index contributed by atoms with van der Waals surface area (Å²) >= 11 is 0. The van der Waals surface area contributed by atoms with Crippen molar-refractivity contribution in [3.63, 3.8) is 0 Å². The lowest BCUT2D eigenvalue weighted by Gasteiger charge is -2.02. The van der Waals surface area contributed by atoms with E-state index in [4.69, 9.17) is 5.11 Å². The first kappa shape index (κ1) is 10.4. The van der Waals surface area contributed by atoms with Crippen LogP contribution < -0.4 is 0 Å². The Morgan fingerprint density at radius 3 is 2.50 bits per heavy atom. The van der Waals surface area contributed by atoms with Crippen molar-refractivity contribution in [2.45, 2.75) is 6.92 Å². The molecule has 2 heterocycles. The van der Waals surface area contributed by atoms with Crippen molar-refractivity contribution < 1.29 is 9.90 Å². The van der Waals surface area contributed by atoms with E-state index in [1.807, 2.05) is 0 Å². The number of nitrogens with zero attached hydrogens (tertiary/aromatic N) is 3. The smallest absolute Gasteiger partial charge is 0.354 e. The molecule has 0 saturated carbocycles. The second-order valence-electron chi connectivity index (χ2n) is 3.47. The molecule has 0 unspecified atom stereocenters. The standard InChI is InChI=1S/C11H11N3O2/c1-7-9(11(15)16)14(2)10(13-7)8-3-5-12-6-4-8/h3-6H,1-2H3,(H,15,16). The summed E-state index contributed by atoms with van der Waals surface area (Å²) in [5, 5.41) is 9.03.